The number of aromatic nitrogens is 2. The molecule has 1 unspecified atom stereocenters. The lowest BCUT2D eigenvalue weighted by Gasteiger charge is -2.24. The van der Waals surface area contributed by atoms with Crippen molar-refractivity contribution >= 4 is 45.6 Å². The number of fused-ring (bicyclic) bond motifs is 1. The fraction of sp³-hybridized carbons (Fsp3) is 0.481. The second kappa shape index (κ2) is 11.9. The van der Waals surface area contributed by atoms with Crippen LogP contribution in [-0.2, 0) is 9.47 Å². The van der Waals surface area contributed by atoms with Gasteiger partial charge < -0.3 is 29.6 Å². The van der Waals surface area contributed by atoms with E-state index in [0.29, 0.717) is 45.3 Å². The lowest BCUT2D eigenvalue weighted by atomic mass is 10.0. The minimum Gasteiger partial charge on any atom is -0.495 e. The summed E-state index contributed by atoms with van der Waals surface area (Å²) in [7, 11) is 3.12. The van der Waals surface area contributed by atoms with Gasteiger partial charge in [0.15, 0.2) is 0 Å². The molecule has 1 aromatic carbocycles. The molecule has 4 heterocycles. The maximum absolute atomic E-state index is 6.74. The maximum atomic E-state index is 6.74. The van der Waals surface area contributed by atoms with Gasteiger partial charge in [-0.2, -0.15) is 0 Å². The van der Waals surface area contributed by atoms with Crippen molar-refractivity contribution in [2.75, 3.05) is 57.8 Å². The molecule has 2 aromatic heterocycles. The molecule has 2 fully saturated rings. The molecular formula is C27H32Cl2N4O4. The third-order valence-electron chi connectivity index (χ3n) is 6.96. The largest absolute Gasteiger partial charge is 0.495 e. The Kier molecular flexibility index (Phi) is 8.39. The van der Waals surface area contributed by atoms with Crippen LogP contribution in [0.3, 0.4) is 0 Å². The SMILES string of the molecule is COc1cc(OC)c(Cl)c(-c2cc3cnc(NC4CCCOC4)cc3c(NCC3CCOCC3)n2)c1Cl. The number of nitrogens with zero attached hydrogens (tertiary/aromatic N) is 2. The van der Waals surface area contributed by atoms with Gasteiger partial charge in [0.1, 0.15) is 23.1 Å². The number of halogens is 2. The molecule has 198 valence electrons. The van der Waals surface area contributed by atoms with E-state index < -0.39 is 0 Å². The van der Waals surface area contributed by atoms with Crippen LogP contribution in [0.2, 0.25) is 10.0 Å². The van der Waals surface area contributed by atoms with Crippen LogP contribution >= 0.6 is 23.2 Å². The number of ether oxygens (including phenoxy) is 4. The van der Waals surface area contributed by atoms with Crippen molar-refractivity contribution in [2.24, 2.45) is 5.92 Å². The minimum atomic E-state index is 0.242. The average Bonchev–Trinajstić information content (AvgIpc) is 2.93. The van der Waals surface area contributed by atoms with E-state index in [1.165, 1.54) is 0 Å². The number of hydrogen-bond donors (Lipinski definition) is 2. The molecule has 0 amide bonds. The number of hydrogen-bond acceptors (Lipinski definition) is 8. The summed E-state index contributed by atoms with van der Waals surface area (Å²) in [6.45, 7) is 3.87. The molecule has 37 heavy (non-hydrogen) atoms. The summed E-state index contributed by atoms with van der Waals surface area (Å²) in [5.41, 5.74) is 1.16. The van der Waals surface area contributed by atoms with Crippen molar-refractivity contribution in [3.05, 3.63) is 34.4 Å². The van der Waals surface area contributed by atoms with E-state index in [-0.39, 0.29) is 6.04 Å². The van der Waals surface area contributed by atoms with E-state index in [1.807, 2.05) is 18.3 Å². The van der Waals surface area contributed by atoms with Crippen LogP contribution in [0.1, 0.15) is 25.7 Å². The first-order valence-electron chi connectivity index (χ1n) is 12.6. The van der Waals surface area contributed by atoms with Crippen molar-refractivity contribution in [1.29, 1.82) is 0 Å². The standard InChI is InChI=1S/C27H32Cl2N4O4/c1-34-21-12-22(35-2)26(29)24(25(21)28)20-10-17-14-30-23(32-18-4-3-7-37-15-18)11-19(17)27(33-20)31-13-16-5-8-36-9-6-16/h10-12,14,16,18H,3-9,13,15H2,1-2H3,(H,30,32)(H,31,33). The van der Waals surface area contributed by atoms with Gasteiger partial charge in [0.2, 0.25) is 0 Å². The Morgan fingerprint density at radius 2 is 1.73 bits per heavy atom. The Hall–Kier alpha value is -2.52. The zero-order chi connectivity index (χ0) is 25.8. The summed E-state index contributed by atoms with van der Waals surface area (Å²) >= 11 is 13.5. The lowest BCUT2D eigenvalue weighted by molar-refractivity contribution is 0.0699. The van der Waals surface area contributed by atoms with Crippen LogP contribution in [-0.4, -0.2) is 63.2 Å². The first-order chi connectivity index (χ1) is 18.1. The topological polar surface area (TPSA) is 86.8 Å². The van der Waals surface area contributed by atoms with Crippen LogP contribution in [0.5, 0.6) is 11.5 Å². The van der Waals surface area contributed by atoms with Gasteiger partial charge in [-0.3, -0.25) is 0 Å². The van der Waals surface area contributed by atoms with Crippen molar-refractivity contribution in [2.45, 2.75) is 31.7 Å². The highest BCUT2D eigenvalue weighted by atomic mass is 35.5. The van der Waals surface area contributed by atoms with Crippen LogP contribution in [0.15, 0.2) is 24.4 Å². The Morgan fingerprint density at radius 3 is 2.41 bits per heavy atom. The van der Waals surface area contributed by atoms with Crippen molar-refractivity contribution < 1.29 is 18.9 Å². The zero-order valence-corrected chi connectivity index (χ0v) is 22.6. The first kappa shape index (κ1) is 26.1. The van der Waals surface area contributed by atoms with Gasteiger partial charge in [-0.05, 0) is 43.7 Å². The number of methoxy groups -OCH3 is 2. The van der Waals surface area contributed by atoms with Crippen LogP contribution in [0.4, 0.5) is 11.6 Å². The van der Waals surface area contributed by atoms with Crippen molar-refractivity contribution in [1.82, 2.24) is 9.97 Å². The quantitative estimate of drug-likeness (QED) is 0.353. The van der Waals surface area contributed by atoms with E-state index in [4.69, 9.17) is 47.1 Å². The number of nitrogens with one attached hydrogen (secondary N) is 2. The third kappa shape index (κ3) is 5.82. The summed E-state index contributed by atoms with van der Waals surface area (Å²) in [5, 5.41) is 9.74. The molecule has 0 aliphatic carbocycles. The summed E-state index contributed by atoms with van der Waals surface area (Å²) in [5.74, 6) is 2.98. The molecule has 10 heteroatoms. The molecular weight excluding hydrogens is 515 g/mol. The van der Waals surface area contributed by atoms with Gasteiger partial charge in [-0.15, -0.1) is 0 Å². The third-order valence-corrected chi connectivity index (χ3v) is 7.71. The van der Waals surface area contributed by atoms with Crippen molar-refractivity contribution in [3.63, 3.8) is 0 Å². The molecule has 0 spiro atoms. The molecule has 1 atom stereocenters. The Morgan fingerprint density at radius 1 is 0.973 bits per heavy atom. The molecule has 3 aromatic rings. The van der Waals surface area contributed by atoms with Gasteiger partial charge in [0.25, 0.3) is 0 Å². The summed E-state index contributed by atoms with van der Waals surface area (Å²) in [6.07, 6.45) is 5.99. The molecule has 0 saturated carbocycles. The minimum absolute atomic E-state index is 0.242. The van der Waals surface area contributed by atoms with Crippen LogP contribution in [0.25, 0.3) is 22.0 Å². The highest BCUT2D eigenvalue weighted by molar-refractivity contribution is 6.41. The van der Waals surface area contributed by atoms with Gasteiger partial charge in [-0.25, -0.2) is 9.97 Å². The summed E-state index contributed by atoms with van der Waals surface area (Å²) < 4.78 is 22.1. The summed E-state index contributed by atoms with van der Waals surface area (Å²) in [4.78, 5) is 9.70. The lowest BCUT2D eigenvalue weighted by Crippen LogP contribution is -2.30. The molecule has 2 aliphatic heterocycles. The molecule has 2 saturated heterocycles. The molecule has 2 aliphatic rings. The summed E-state index contributed by atoms with van der Waals surface area (Å²) in [6, 6.07) is 5.91. The average molecular weight is 547 g/mol. The highest BCUT2D eigenvalue weighted by Gasteiger charge is 2.22. The van der Waals surface area contributed by atoms with E-state index in [0.717, 1.165) is 74.5 Å². The van der Waals surface area contributed by atoms with Gasteiger partial charge in [-0.1, -0.05) is 23.2 Å². The Balaban J connectivity index is 1.56. The van der Waals surface area contributed by atoms with E-state index in [9.17, 15) is 0 Å². The van der Waals surface area contributed by atoms with E-state index in [1.54, 1.807) is 20.3 Å². The molecule has 5 rings (SSSR count). The maximum Gasteiger partial charge on any atom is 0.141 e. The number of benzene rings is 1. The van der Waals surface area contributed by atoms with Crippen LogP contribution < -0.4 is 20.1 Å². The van der Waals surface area contributed by atoms with Gasteiger partial charge in [0, 0.05) is 55.0 Å². The second-order valence-electron chi connectivity index (χ2n) is 9.43. The first-order valence-corrected chi connectivity index (χ1v) is 13.4. The normalized spacial score (nSPS) is 18.5. The number of rotatable bonds is 8. The van der Waals surface area contributed by atoms with E-state index in [2.05, 4.69) is 15.6 Å². The van der Waals surface area contributed by atoms with Gasteiger partial charge >= 0.3 is 0 Å². The predicted octanol–water partition coefficient (Wildman–Crippen LogP) is 6.05. The Bertz CT molecular complexity index is 1220. The smallest absolute Gasteiger partial charge is 0.141 e. The van der Waals surface area contributed by atoms with Crippen molar-refractivity contribution in [3.8, 4) is 22.8 Å². The predicted molar refractivity (Wildman–Crippen MR) is 148 cm³/mol. The van der Waals surface area contributed by atoms with Gasteiger partial charge in [0.05, 0.1) is 42.6 Å². The number of pyridine rings is 2. The molecule has 0 bridgehead atoms. The molecule has 2 N–H and O–H groups in total. The monoisotopic (exact) mass is 546 g/mol. The van der Waals surface area contributed by atoms with E-state index >= 15 is 0 Å². The van der Waals surface area contributed by atoms with Crippen LogP contribution in [0, 0.1) is 5.92 Å². The fourth-order valence-electron chi connectivity index (χ4n) is 4.85. The molecule has 0 radical (unpaired) electrons. The zero-order valence-electron chi connectivity index (χ0n) is 21.1. The molecule has 8 nitrogen and oxygen atoms in total. The fourth-order valence-corrected chi connectivity index (χ4v) is 5.55. The second-order valence-corrected chi connectivity index (χ2v) is 10.2. The number of anilines is 2. The Labute approximate surface area is 227 Å². The highest BCUT2D eigenvalue weighted by Crippen LogP contribution is 2.46.